The van der Waals surface area contributed by atoms with Gasteiger partial charge >= 0.3 is 0 Å². The third-order valence-corrected chi connectivity index (χ3v) is 7.07. The predicted molar refractivity (Wildman–Crippen MR) is 129 cm³/mol. The number of piperidine rings is 1. The molecule has 0 unspecified atom stereocenters. The third kappa shape index (κ3) is 6.65. The Kier molecular flexibility index (Phi) is 8.12. The highest BCUT2D eigenvalue weighted by molar-refractivity contribution is 7.13. The molecule has 3 heterocycles. The largest absolute Gasteiger partial charge is 0.508 e. The molecule has 0 spiro atoms. The van der Waals surface area contributed by atoms with E-state index in [1.165, 1.54) is 5.56 Å². The van der Waals surface area contributed by atoms with Crippen molar-refractivity contribution in [2.24, 2.45) is 5.92 Å². The van der Waals surface area contributed by atoms with E-state index in [4.69, 9.17) is 4.42 Å². The first-order valence-corrected chi connectivity index (χ1v) is 12.6. The molecule has 0 aliphatic carbocycles. The van der Waals surface area contributed by atoms with Crippen molar-refractivity contribution in [3.63, 3.8) is 0 Å². The van der Waals surface area contributed by atoms with Crippen LogP contribution >= 0.6 is 11.3 Å². The summed E-state index contributed by atoms with van der Waals surface area (Å²) >= 11 is 1.56. The van der Waals surface area contributed by atoms with Gasteiger partial charge in [-0.05, 0) is 80.3 Å². The highest BCUT2D eigenvalue weighted by Crippen LogP contribution is 2.25. The number of thiophene rings is 1. The van der Waals surface area contributed by atoms with Crippen molar-refractivity contribution in [1.29, 1.82) is 0 Å². The summed E-state index contributed by atoms with van der Waals surface area (Å²) in [4.78, 5) is 18.1. The molecule has 1 N–H and O–H groups in total. The molecule has 1 fully saturated rings. The summed E-state index contributed by atoms with van der Waals surface area (Å²) < 4.78 is 5.80. The van der Waals surface area contributed by atoms with Gasteiger partial charge in [-0.3, -0.25) is 9.69 Å². The molecule has 4 rings (SSSR count). The molecule has 1 amide bonds. The van der Waals surface area contributed by atoms with Crippen LogP contribution in [0.3, 0.4) is 0 Å². The normalized spacial score (nSPS) is 15.1. The molecule has 1 aromatic carbocycles. The first kappa shape index (κ1) is 23.4. The van der Waals surface area contributed by atoms with Gasteiger partial charge in [0, 0.05) is 6.54 Å². The number of carbonyl (C=O) groups excluding carboxylic acids is 1. The first-order valence-electron chi connectivity index (χ1n) is 11.7. The second-order valence-corrected chi connectivity index (χ2v) is 9.67. The van der Waals surface area contributed by atoms with Crippen LogP contribution in [-0.2, 0) is 17.8 Å². The van der Waals surface area contributed by atoms with Crippen LogP contribution in [0.1, 0.15) is 44.1 Å². The van der Waals surface area contributed by atoms with Crippen molar-refractivity contribution >= 4 is 17.2 Å². The van der Waals surface area contributed by atoms with Crippen molar-refractivity contribution in [3.05, 3.63) is 53.2 Å². The van der Waals surface area contributed by atoms with Gasteiger partial charge in [0.05, 0.1) is 18.0 Å². The molecule has 7 nitrogen and oxygen atoms in total. The van der Waals surface area contributed by atoms with E-state index in [9.17, 15) is 9.90 Å². The summed E-state index contributed by atoms with van der Waals surface area (Å²) in [5.74, 6) is 2.11. The minimum atomic E-state index is 0.121. The van der Waals surface area contributed by atoms with E-state index < -0.39 is 0 Å². The lowest BCUT2D eigenvalue weighted by Gasteiger charge is -2.33. The number of aromatic hydroxyl groups is 1. The van der Waals surface area contributed by atoms with Gasteiger partial charge in [0.2, 0.25) is 11.8 Å². The van der Waals surface area contributed by atoms with E-state index in [2.05, 4.69) is 22.0 Å². The molecule has 0 radical (unpaired) electrons. The number of benzene rings is 1. The minimum Gasteiger partial charge on any atom is -0.508 e. The quantitative estimate of drug-likeness (QED) is 0.469. The Hall–Kier alpha value is -2.71. The average Bonchev–Trinajstić information content (AvgIpc) is 3.51. The Bertz CT molecular complexity index is 995. The maximum atomic E-state index is 13.0. The number of rotatable bonds is 10. The highest BCUT2D eigenvalue weighted by atomic mass is 32.1. The van der Waals surface area contributed by atoms with Crippen LogP contribution in [0.5, 0.6) is 5.75 Å². The highest BCUT2D eigenvalue weighted by Gasteiger charge is 2.24. The monoisotopic (exact) mass is 468 g/mol. The summed E-state index contributed by atoms with van der Waals surface area (Å²) in [6.07, 6.45) is 5.31. The van der Waals surface area contributed by atoms with Crippen molar-refractivity contribution in [2.75, 3.05) is 26.2 Å². The summed E-state index contributed by atoms with van der Waals surface area (Å²) in [5.41, 5.74) is 1.27. The van der Waals surface area contributed by atoms with Gasteiger partial charge in [-0.1, -0.05) is 25.1 Å². The number of aryl methyl sites for hydroxylation is 1. The van der Waals surface area contributed by atoms with E-state index in [0.717, 1.165) is 50.1 Å². The molecule has 1 aliphatic heterocycles. The number of likely N-dealkylation sites (tertiary alicyclic amines) is 1. The molecule has 33 heavy (non-hydrogen) atoms. The Morgan fingerprint density at radius 2 is 2.00 bits per heavy atom. The van der Waals surface area contributed by atoms with Crippen LogP contribution in [-0.4, -0.2) is 57.2 Å². The van der Waals surface area contributed by atoms with Crippen molar-refractivity contribution in [3.8, 4) is 16.5 Å². The van der Waals surface area contributed by atoms with Crippen LogP contribution in [0, 0.1) is 5.92 Å². The summed E-state index contributed by atoms with van der Waals surface area (Å²) in [7, 11) is 0. The van der Waals surface area contributed by atoms with Crippen LogP contribution in [0.25, 0.3) is 10.8 Å². The smallest absolute Gasteiger partial charge is 0.257 e. The molecule has 8 heteroatoms. The Morgan fingerprint density at radius 1 is 1.21 bits per heavy atom. The van der Waals surface area contributed by atoms with Crippen molar-refractivity contribution in [2.45, 2.75) is 45.6 Å². The molecule has 0 bridgehead atoms. The Morgan fingerprint density at radius 3 is 2.70 bits per heavy atom. The lowest BCUT2D eigenvalue weighted by Crippen LogP contribution is -2.43. The van der Waals surface area contributed by atoms with Gasteiger partial charge in [-0.25, -0.2) is 0 Å². The molecular weight excluding hydrogens is 436 g/mol. The standard InChI is InChI=1S/C25H32N4O3S/c1-2-13-29(17-23-26-27-25(32-23)22-4-3-16-33-22)24(31)18-28-14-11-20(12-15-28)6-5-19-7-9-21(30)10-8-19/h3-4,7-10,16,20,30H,2,5-6,11-15,17-18H2,1H3. The summed E-state index contributed by atoms with van der Waals surface area (Å²) in [6, 6.07) is 11.4. The number of aromatic nitrogens is 2. The first-order chi connectivity index (χ1) is 16.1. The van der Waals surface area contributed by atoms with E-state index >= 15 is 0 Å². The molecule has 3 aromatic rings. The molecule has 1 saturated heterocycles. The molecule has 2 aromatic heterocycles. The number of phenols is 1. The molecule has 1 aliphatic rings. The number of hydrogen-bond acceptors (Lipinski definition) is 7. The van der Waals surface area contributed by atoms with E-state index in [1.807, 2.05) is 34.5 Å². The molecule has 176 valence electrons. The zero-order chi connectivity index (χ0) is 23.0. The molecular formula is C25H32N4O3S. The molecule has 0 saturated carbocycles. The summed E-state index contributed by atoms with van der Waals surface area (Å²) in [6.45, 7) is 5.46. The van der Waals surface area contributed by atoms with E-state index in [1.54, 1.807) is 23.5 Å². The van der Waals surface area contributed by atoms with E-state index in [0.29, 0.717) is 43.1 Å². The topological polar surface area (TPSA) is 82.7 Å². The molecule has 0 atom stereocenters. The SMILES string of the molecule is CCCN(Cc1nnc(-c2cccs2)o1)C(=O)CN1CCC(CCc2ccc(O)cc2)CC1. The maximum Gasteiger partial charge on any atom is 0.257 e. The van der Waals surface area contributed by atoms with Gasteiger partial charge in [-0.2, -0.15) is 0 Å². The number of carbonyl (C=O) groups is 1. The number of phenolic OH excluding ortho intramolecular Hbond substituents is 1. The van der Waals surface area contributed by atoms with Crippen molar-refractivity contribution in [1.82, 2.24) is 20.0 Å². The fourth-order valence-electron chi connectivity index (χ4n) is 4.30. The third-order valence-electron chi connectivity index (χ3n) is 6.21. The minimum absolute atomic E-state index is 0.121. The van der Waals surface area contributed by atoms with Gasteiger partial charge in [0.25, 0.3) is 5.89 Å². The zero-order valence-electron chi connectivity index (χ0n) is 19.2. The van der Waals surface area contributed by atoms with Gasteiger partial charge in [-0.15, -0.1) is 21.5 Å². The predicted octanol–water partition coefficient (Wildman–Crippen LogP) is 4.59. The number of nitrogens with zero attached hydrogens (tertiary/aromatic N) is 4. The number of amides is 1. The number of hydrogen-bond donors (Lipinski definition) is 1. The Labute approximate surface area is 199 Å². The second kappa shape index (κ2) is 11.4. The fraction of sp³-hybridized carbons (Fsp3) is 0.480. The van der Waals surface area contributed by atoms with E-state index in [-0.39, 0.29) is 5.91 Å². The van der Waals surface area contributed by atoms with Crippen LogP contribution in [0.4, 0.5) is 0 Å². The Balaban J connectivity index is 1.23. The average molecular weight is 469 g/mol. The van der Waals surface area contributed by atoms with Crippen LogP contribution < -0.4 is 0 Å². The van der Waals surface area contributed by atoms with Crippen LogP contribution in [0.2, 0.25) is 0 Å². The second-order valence-electron chi connectivity index (χ2n) is 8.72. The maximum absolute atomic E-state index is 13.0. The van der Waals surface area contributed by atoms with Gasteiger partial charge in [0.15, 0.2) is 0 Å². The van der Waals surface area contributed by atoms with Gasteiger partial charge < -0.3 is 14.4 Å². The lowest BCUT2D eigenvalue weighted by atomic mass is 9.90. The lowest BCUT2D eigenvalue weighted by molar-refractivity contribution is -0.133. The summed E-state index contributed by atoms with van der Waals surface area (Å²) in [5, 5.41) is 19.7. The zero-order valence-corrected chi connectivity index (χ0v) is 20.0. The van der Waals surface area contributed by atoms with Crippen LogP contribution in [0.15, 0.2) is 46.2 Å². The van der Waals surface area contributed by atoms with Gasteiger partial charge in [0.1, 0.15) is 5.75 Å². The van der Waals surface area contributed by atoms with Crippen molar-refractivity contribution < 1.29 is 14.3 Å². The fourth-order valence-corrected chi connectivity index (χ4v) is 4.94.